The zero-order chi connectivity index (χ0) is 20.4. The molecular weight excluding hydrogens is 364 g/mol. The Morgan fingerprint density at radius 2 is 1.86 bits per heavy atom. The summed E-state index contributed by atoms with van der Waals surface area (Å²) in [5.74, 6) is 1.49. The average Bonchev–Trinajstić information content (AvgIpc) is 3.12. The Balaban J connectivity index is 1.54. The van der Waals surface area contributed by atoms with E-state index in [9.17, 15) is 0 Å². The Morgan fingerprint density at radius 3 is 2.55 bits per heavy atom. The molecule has 8 nitrogen and oxygen atoms in total. The van der Waals surface area contributed by atoms with Crippen molar-refractivity contribution in [3.63, 3.8) is 0 Å². The van der Waals surface area contributed by atoms with Crippen molar-refractivity contribution in [3.05, 3.63) is 11.8 Å². The number of hydrogen-bond acceptors (Lipinski definition) is 7. The van der Waals surface area contributed by atoms with Gasteiger partial charge in [-0.3, -0.25) is 0 Å². The molecule has 0 amide bonds. The van der Waals surface area contributed by atoms with Crippen LogP contribution in [0.1, 0.15) is 63.9 Å². The highest BCUT2D eigenvalue weighted by atomic mass is 15.4. The monoisotopic (exact) mass is 400 g/mol. The van der Waals surface area contributed by atoms with Gasteiger partial charge in [0.05, 0.1) is 6.20 Å². The largest absolute Gasteiger partial charge is 0.351 e. The van der Waals surface area contributed by atoms with Crippen LogP contribution in [0.25, 0.3) is 5.65 Å². The Morgan fingerprint density at radius 1 is 1.07 bits per heavy atom. The smallest absolute Gasteiger partial charge is 0.229 e. The summed E-state index contributed by atoms with van der Waals surface area (Å²) in [6, 6.07) is 1.73. The third-order valence-corrected chi connectivity index (χ3v) is 6.63. The first kappa shape index (κ1) is 20.3. The summed E-state index contributed by atoms with van der Waals surface area (Å²) in [6.45, 7) is 2.14. The van der Waals surface area contributed by atoms with Gasteiger partial charge in [-0.2, -0.15) is 19.6 Å². The molecule has 29 heavy (non-hydrogen) atoms. The van der Waals surface area contributed by atoms with Crippen LogP contribution in [0.4, 0.5) is 11.9 Å². The summed E-state index contributed by atoms with van der Waals surface area (Å²) >= 11 is 0. The molecule has 4 N–H and O–H groups in total. The fourth-order valence-corrected chi connectivity index (χ4v) is 4.79. The van der Waals surface area contributed by atoms with Crippen molar-refractivity contribution < 1.29 is 0 Å². The van der Waals surface area contributed by atoms with Crippen LogP contribution in [0, 0.1) is 0 Å². The van der Waals surface area contributed by atoms with E-state index >= 15 is 0 Å². The average molecular weight is 401 g/mol. The van der Waals surface area contributed by atoms with Crippen molar-refractivity contribution in [2.75, 3.05) is 24.7 Å². The molecule has 2 aliphatic carbocycles. The van der Waals surface area contributed by atoms with Crippen molar-refractivity contribution in [2.45, 2.75) is 88.9 Å². The molecule has 2 heterocycles. The lowest BCUT2D eigenvalue weighted by Gasteiger charge is -2.33. The van der Waals surface area contributed by atoms with Crippen LogP contribution in [-0.4, -0.2) is 62.7 Å². The normalized spacial score (nSPS) is 28.0. The first-order valence-electron chi connectivity index (χ1n) is 11.2. The van der Waals surface area contributed by atoms with Gasteiger partial charge in [0.15, 0.2) is 5.65 Å². The second-order valence-corrected chi connectivity index (χ2v) is 9.01. The molecule has 0 spiro atoms. The van der Waals surface area contributed by atoms with Crippen LogP contribution in [0.15, 0.2) is 6.20 Å². The van der Waals surface area contributed by atoms with Gasteiger partial charge < -0.3 is 21.3 Å². The minimum Gasteiger partial charge on any atom is -0.351 e. The predicted molar refractivity (Wildman–Crippen MR) is 117 cm³/mol. The summed E-state index contributed by atoms with van der Waals surface area (Å²) in [5, 5.41) is 11.8. The molecule has 0 bridgehead atoms. The SMILES string of the molecule is CCc1cnn2c(NC3CCCC(N)C3)nc(N[C@H]3CC[C@H](N(C)C)CC3)nc12. The second kappa shape index (κ2) is 8.83. The number of hydrogen-bond donors (Lipinski definition) is 3. The quantitative estimate of drug-likeness (QED) is 0.686. The lowest BCUT2D eigenvalue weighted by atomic mass is 9.91. The molecular formula is C21H36N8. The van der Waals surface area contributed by atoms with E-state index in [0.717, 1.165) is 62.1 Å². The fraction of sp³-hybridized carbons (Fsp3) is 0.762. The van der Waals surface area contributed by atoms with Crippen LogP contribution in [0.5, 0.6) is 0 Å². The van der Waals surface area contributed by atoms with Crippen molar-refractivity contribution in [1.29, 1.82) is 0 Å². The summed E-state index contributed by atoms with van der Waals surface area (Å²) in [6.07, 6.45) is 11.9. The zero-order valence-electron chi connectivity index (χ0n) is 18.1. The van der Waals surface area contributed by atoms with Gasteiger partial charge in [0, 0.05) is 29.7 Å². The molecule has 2 aromatic rings. The molecule has 2 unspecified atom stereocenters. The summed E-state index contributed by atoms with van der Waals surface area (Å²) in [4.78, 5) is 12.0. The number of nitrogens with one attached hydrogen (secondary N) is 2. The molecule has 2 aromatic heterocycles. The van der Waals surface area contributed by atoms with Crippen LogP contribution in [0.2, 0.25) is 0 Å². The number of fused-ring (bicyclic) bond motifs is 1. The number of aryl methyl sites for hydroxylation is 1. The van der Waals surface area contributed by atoms with Crippen molar-refractivity contribution in [1.82, 2.24) is 24.5 Å². The Labute approximate surface area is 173 Å². The van der Waals surface area contributed by atoms with E-state index in [4.69, 9.17) is 15.7 Å². The maximum absolute atomic E-state index is 6.19. The number of nitrogens with two attached hydrogens (primary N) is 1. The van der Waals surface area contributed by atoms with Crippen molar-refractivity contribution in [2.24, 2.45) is 5.73 Å². The molecule has 4 rings (SSSR count). The van der Waals surface area contributed by atoms with Crippen LogP contribution in [-0.2, 0) is 6.42 Å². The maximum atomic E-state index is 6.19. The van der Waals surface area contributed by atoms with Gasteiger partial charge >= 0.3 is 0 Å². The van der Waals surface area contributed by atoms with Gasteiger partial charge in [0.25, 0.3) is 0 Å². The highest BCUT2D eigenvalue weighted by Crippen LogP contribution is 2.26. The predicted octanol–water partition coefficient (Wildman–Crippen LogP) is 2.65. The van der Waals surface area contributed by atoms with E-state index in [1.54, 1.807) is 0 Å². The highest BCUT2D eigenvalue weighted by Gasteiger charge is 2.25. The number of aromatic nitrogens is 4. The third-order valence-electron chi connectivity index (χ3n) is 6.63. The number of rotatable bonds is 6. The summed E-state index contributed by atoms with van der Waals surface area (Å²) < 4.78 is 1.85. The molecule has 0 aromatic carbocycles. The van der Waals surface area contributed by atoms with Crippen LogP contribution in [0.3, 0.4) is 0 Å². The Bertz CT molecular complexity index is 808. The van der Waals surface area contributed by atoms with Crippen LogP contribution < -0.4 is 16.4 Å². The minimum atomic E-state index is 0.270. The van der Waals surface area contributed by atoms with Crippen molar-refractivity contribution >= 4 is 17.5 Å². The van der Waals surface area contributed by atoms with Gasteiger partial charge in [-0.1, -0.05) is 6.92 Å². The standard InChI is InChI=1S/C21H36N8/c1-4-14-13-23-29-19(14)26-20(24-16-8-10-18(11-9-16)28(2)3)27-21(29)25-17-7-5-6-15(22)12-17/h13,15-18H,4-12,22H2,1-3H3,(H2,24,25,26,27)/t15?,16-,17?,18-. The third kappa shape index (κ3) is 4.64. The second-order valence-electron chi connectivity index (χ2n) is 9.01. The van der Waals surface area contributed by atoms with E-state index in [0.29, 0.717) is 24.1 Å². The Kier molecular flexibility index (Phi) is 6.20. The molecule has 0 radical (unpaired) electrons. The molecule has 8 heteroatoms. The maximum Gasteiger partial charge on any atom is 0.229 e. The lowest BCUT2D eigenvalue weighted by molar-refractivity contribution is 0.221. The van der Waals surface area contributed by atoms with Gasteiger partial charge in [-0.25, -0.2) is 0 Å². The van der Waals surface area contributed by atoms with Gasteiger partial charge in [-0.15, -0.1) is 0 Å². The molecule has 2 saturated carbocycles. The minimum absolute atomic E-state index is 0.270. The van der Waals surface area contributed by atoms with E-state index in [1.807, 2.05) is 10.7 Å². The number of anilines is 2. The fourth-order valence-electron chi connectivity index (χ4n) is 4.79. The molecule has 2 fully saturated rings. The highest BCUT2D eigenvalue weighted by molar-refractivity contribution is 5.55. The van der Waals surface area contributed by atoms with E-state index in [2.05, 4.69) is 41.7 Å². The van der Waals surface area contributed by atoms with E-state index < -0.39 is 0 Å². The number of nitrogens with zero attached hydrogens (tertiary/aromatic N) is 5. The van der Waals surface area contributed by atoms with E-state index in [-0.39, 0.29) is 6.04 Å². The summed E-state index contributed by atoms with van der Waals surface area (Å²) in [7, 11) is 4.35. The molecule has 0 aliphatic heterocycles. The van der Waals surface area contributed by atoms with Crippen molar-refractivity contribution in [3.8, 4) is 0 Å². The van der Waals surface area contributed by atoms with Gasteiger partial charge in [0.1, 0.15) is 0 Å². The Hall–Kier alpha value is -1.93. The molecule has 2 aliphatic rings. The van der Waals surface area contributed by atoms with Gasteiger partial charge in [-0.05, 0) is 71.9 Å². The van der Waals surface area contributed by atoms with Crippen LogP contribution >= 0.6 is 0 Å². The lowest BCUT2D eigenvalue weighted by Crippen LogP contribution is -2.37. The molecule has 160 valence electrons. The summed E-state index contributed by atoms with van der Waals surface area (Å²) in [5.41, 5.74) is 8.24. The van der Waals surface area contributed by atoms with Gasteiger partial charge in [0.2, 0.25) is 11.9 Å². The zero-order valence-corrected chi connectivity index (χ0v) is 18.1. The molecule has 2 atom stereocenters. The first-order valence-corrected chi connectivity index (χ1v) is 11.2. The first-order chi connectivity index (χ1) is 14.0. The molecule has 0 saturated heterocycles. The topological polar surface area (TPSA) is 96.4 Å². The van der Waals surface area contributed by atoms with E-state index in [1.165, 1.54) is 12.8 Å².